The van der Waals surface area contributed by atoms with Crippen LogP contribution in [0.1, 0.15) is 58.8 Å². The van der Waals surface area contributed by atoms with Crippen LogP contribution in [0.4, 0.5) is 0 Å². The van der Waals surface area contributed by atoms with Crippen molar-refractivity contribution in [2.24, 2.45) is 11.7 Å². The standard InChI is InChI=1S/C17H35N3O/c1-5-12-20(13-6-7-16(21)19(3)4)17(14-18)10-8-15(2)9-11-17/h15H,5-14,18H2,1-4H3. The summed E-state index contributed by atoms with van der Waals surface area (Å²) in [4.78, 5) is 16.0. The SMILES string of the molecule is CCCN(CCCC(=O)N(C)C)C1(CN)CCC(C)CC1. The van der Waals surface area contributed by atoms with Crippen molar-refractivity contribution in [2.75, 3.05) is 33.7 Å². The Balaban J connectivity index is 2.59. The van der Waals surface area contributed by atoms with Gasteiger partial charge < -0.3 is 10.6 Å². The summed E-state index contributed by atoms with van der Waals surface area (Å²) in [6.07, 6.45) is 7.73. The number of rotatable bonds is 8. The van der Waals surface area contributed by atoms with E-state index in [1.54, 1.807) is 4.90 Å². The predicted octanol–water partition coefficient (Wildman–Crippen LogP) is 2.47. The molecule has 0 aromatic heterocycles. The van der Waals surface area contributed by atoms with Crippen LogP contribution >= 0.6 is 0 Å². The molecule has 1 fully saturated rings. The van der Waals surface area contributed by atoms with E-state index in [2.05, 4.69) is 18.7 Å². The van der Waals surface area contributed by atoms with Gasteiger partial charge >= 0.3 is 0 Å². The van der Waals surface area contributed by atoms with Crippen molar-refractivity contribution in [1.82, 2.24) is 9.80 Å². The van der Waals surface area contributed by atoms with E-state index in [0.29, 0.717) is 6.42 Å². The molecule has 4 nitrogen and oxygen atoms in total. The Kier molecular flexibility index (Phi) is 7.67. The summed E-state index contributed by atoms with van der Waals surface area (Å²) in [6.45, 7) is 7.43. The van der Waals surface area contributed by atoms with E-state index in [1.165, 1.54) is 25.7 Å². The van der Waals surface area contributed by atoms with Crippen molar-refractivity contribution >= 4 is 5.91 Å². The highest BCUT2D eigenvalue weighted by Gasteiger charge is 2.37. The van der Waals surface area contributed by atoms with Gasteiger partial charge in [-0.25, -0.2) is 0 Å². The van der Waals surface area contributed by atoms with Crippen LogP contribution < -0.4 is 5.73 Å². The zero-order chi connectivity index (χ0) is 15.9. The van der Waals surface area contributed by atoms with E-state index in [9.17, 15) is 4.79 Å². The zero-order valence-electron chi connectivity index (χ0n) is 14.5. The minimum Gasteiger partial charge on any atom is -0.349 e. The molecule has 0 aliphatic heterocycles. The van der Waals surface area contributed by atoms with E-state index in [1.807, 2.05) is 14.1 Å². The third-order valence-corrected chi connectivity index (χ3v) is 5.07. The van der Waals surface area contributed by atoms with E-state index in [-0.39, 0.29) is 11.4 Å². The molecule has 21 heavy (non-hydrogen) atoms. The zero-order valence-corrected chi connectivity index (χ0v) is 14.5. The molecule has 0 atom stereocenters. The molecule has 0 bridgehead atoms. The fourth-order valence-electron chi connectivity index (χ4n) is 3.45. The van der Waals surface area contributed by atoms with Gasteiger partial charge in [0.15, 0.2) is 0 Å². The lowest BCUT2D eigenvalue weighted by molar-refractivity contribution is -0.128. The second kappa shape index (κ2) is 8.74. The Hall–Kier alpha value is -0.610. The maximum Gasteiger partial charge on any atom is 0.222 e. The lowest BCUT2D eigenvalue weighted by atomic mass is 9.75. The molecular weight excluding hydrogens is 262 g/mol. The number of nitrogens with two attached hydrogens (primary N) is 1. The molecule has 2 N–H and O–H groups in total. The maximum atomic E-state index is 11.7. The summed E-state index contributed by atoms with van der Waals surface area (Å²) in [5.74, 6) is 1.06. The van der Waals surface area contributed by atoms with Crippen molar-refractivity contribution in [3.8, 4) is 0 Å². The minimum absolute atomic E-state index is 0.184. The largest absolute Gasteiger partial charge is 0.349 e. The van der Waals surface area contributed by atoms with Crippen molar-refractivity contribution in [3.63, 3.8) is 0 Å². The molecule has 0 heterocycles. The first-order chi connectivity index (χ1) is 9.95. The Labute approximate surface area is 131 Å². The normalized spacial score (nSPS) is 26.1. The van der Waals surface area contributed by atoms with Crippen LogP contribution in [0.2, 0.25) is 0 Å². The molecule has 0 spiro atoms. The first kappa shape index (κ1) is 18.4. The van der Waals surface area contributed by atoms with Crippen LogP contribution in [0, 0.1) is 5.92 Å². The van der Waals surface area contributed by atoms with E-state index in [0.717, 1.165) is 38.4 Å². The van der Waals surface area contributed by atoms with Gasteiger partial charge in [0.05, 0.1) is 0 Å². The summed E-state index contributed by atoms with van der Waals surface area (Å²) in [7, 11) is 3.66. The third-order valence-electron chi connectivity index (χ3n) is 5.07. The number of carbonyl (C=O) groups excluding carboxylic acids is 1. The van der Waals surface area contributed by atoms with Gasteiger partial charge in [-0.2, -0.15) is 0 Å². The van der Waals surface area contributed by atoms with Crippen LogP contribution in [0.15, 0.2) is 0 Å². The molecule has 4 heteroatoms. The van der Waals surface area contributed by atoms with Crippen LogP contribution in [-0.4, -0.2) is 55.0 Å². The van der Waals surface area contributed by atoms with E-state index >= 15 is 0 Å². The lowest BCUT2D eigenvalue weighted by Crippen LogP contribution is -2.56. The number of nitrogens with zero attached hydrogens (tertiary/aromatic N) is 2. The summed E-state index contributed by atoms with van der Waals surface area (Å²) >= 11 is 0. The third kappa shape index (κ3) is 5.26. The summed E-state index contributed by atoms with van der Waals surface area (Å²) in [5.41, 5.74) is 6.36. The Morgan fingerprint density at radius 1 is 1.24 bits per heavy atom. The summed E-state index contributed by atoms with van der Waals surface area (Å²) in [6, 6.07) is 0. The quantitative estimate of drug-likeness (QED) is 0.749. The summed E-state index contributed by atoms with van der Waals surface area (Å²) < 4.78 is 0. The van der Waals surface area contributed by atoms with Gasteiger partial charge in [0.2, 0.25) is 5.91 Å². The van der Waals surface area contributed by atoms with Crippen molar-refractivity contribution < 1.29 is 4.79 Å². The lowest BCUT2D eigenvalue weighted by Gasteiger charge is -2.47. The Bertz CT molecular complexity index is 309. The van der Waals surface area contributed by atoms with Gasteiger partial charge in [-0.3, -0.25) is 9.69 Å². The number of amides is 1. The van der Waals surface area contributed by atoms with Crippen molar-refractivity contribution in [1.29, 1.82) is 0 Å². The van der Waals surface area contributed by atoms with Gasteiger partial charge in [-0.15, -0.1) is 0 Å². The first-order valence-electron chi connectivity index (χ1n) is 8.60. The molecule has 0 aromatic rings. The van der Waals surface area contributed by atoms with Gasteiger partial charge in [0.1, 0.15) is 0 Å². The summed E-state index contributed by atoms with van der Waals surface area (Å²) in [5, 5.41) is 0. The topological polar surface area (TPSA) is 49.6 Å². The molecule has 1 aliphatic rings. The average Bonchev–Trinajstić information content (AvgIpc) is 2.47. The second-order valence-corrected chi connectivity index (χ2v) is 6.99. The molecule has 124 valence electrons. The van der Waals surface area contributed by atoms with E-state index < -0.39 is 0 Å². The highest BCUT2D eigenvalue weighted by molar-refractivity contribution is 5.75. The molecule has 0 radical (unpaired) electrons. The minimum atomic E-state index is 0.184. The maximum absolute atomic E-state index is 11.7. The highest BCUT2D eigenvalue weighted by atomic mass is 16.2. The molecule has 1 aliphatic carbocycles. The number of carbonyl (C=O) groups is 1. The van der Waals surface area contributed by atoms with Crippen LogP contribution in [0.25, 0.3) is 0 Å². The van der Waals surface area contributed by atoms with Crippen LogP contribution in [-0.2, 0) is 4.79 Å². The number of hydrogen-bond donors (Lipinski definition) is 1. The van der Waals surface area contributed by atoms with Gasteiger partial charge in [-0.05, 0) is 57.5 Å². The smallest absolute Gasteiger partial charge is 0.222 e. The van der Waals surface area contributed by atoms with Gasteiger partial charge in [0.25, 0.3) is 0 Å². The van der Waals surface area contributed by atoms with E-state index in [4.69, 9.17) is 5.73 Å². The molecule has 0 aromatic carbocycles. The number of hydrogen-bond acceptors (Lipinski definition) is 3. The fraction of sp³-hybridized carbons (Fsp3) is 0.941. The Morgan fingerprint density at radius 2 is 1.86 bits per heavy atom. The fourth-order valence-corrected chi connectivity index (χ4v) is 3.45. The monoisotopic (exact) mass is 297 g/mol. The molecule has 0 unspecified atom stereocenters. The van der Waals surface area contributed by atoms with Gasteiger partial charge in [-0.1, -0.05) is 13.8 Å². The first-order valence-corrected chi connectivity index (χ1v) is 8.60. The highest BCUT2D eigenvalue weighted by Crippen LogP contribution is 2.36. The average molecular weight is 297 g/mol. The predicted molar refractivity (Wildman–Crippen MR) is 89.2 cm³/mol. The Morgan fingerprint density at radius 3 is 2.33 bits per heavy atom. The van der Waals surface area contributed by atoms with Gasteiger partial charge in [0, 0.05) is 32.6 Å². The van der Waals surface area contributed by atoms with Crippen LogP contribution in [0.5, 0.6) is 0 Å². The van der Waals surface area contributed by atoms with Crippen molar-refractivity contribution in [3.05, 3.63) is 0 Å². The molecule has 1 saturated carbocycles. The second-order valence-electron chi connectivity index (χ2n) is 6.99. The van der Waals surface area contributed by atoms with Crippen LogP contribution in [0.3, 0.4) is 0 Å². The molecule has 1 rings (SSSR count). The molecular formula is C17H35N3O. The molecule has 1 amide bonds. The molecule has 0 saturated heterocycles. The van der Waals surface area contributed by atoms with Crippen molar-refractivity contribution in [2.45, 2.75) is 64.3 Å².